The predicted octanol–water partition coefficient (Wildman–Crippen LogP) is 1.89. The molecule has 5 nitrogen and oxygen atoms in total. The van der Waals surface area contributed by atoms with Gasteiger partial charge in [0.1, 0.15) is 16.4 Å². The van der Waals surface area contributed by atoms with Gasteiger partial charge in [-0.3, -0.25) is 0 Å². The number of benzene rings is 1. The molecule has 0 aliphatic heterocycles. The van der Waals surface area contributed by atoms with Gasteiger partial charge >= 0.3 is 0 Å². The van der Waals surface area contributed by atoms with Crippen molar-refractivity contribution in [3.63, 3.8) is 0 Å². The molecule has 0 heterocycles. The summed E-state index contributed by atoms with van der Waals surface area (Å²) in [6.45, 7) is 5.09. The molecule has 1 rings (SSSR count). The molecule has 120 valence electrons. The standard InChI is InChI=1S/C13H20F2N2O3S/c1-9(2)8-20-7-3-6-17-21(18,19)11-5-4-10(14)13(16)12(11)15/h4-5,9,17H,3,6-8,16H2,1-2H3. The summed E-state index contributed by atoms with van der Waals surface area (Å²) in [7, 11) is -4.06. The SMILES string of the molecule is CC(C)COCCCNS(=O)(=O)c1ccc(F)c(N)c1F. The Morgan fingerprint density at radius 3 is 2.62 bits per heavy atom. The molecule has 0 amide bonds. The van der Waals surface area contributed by atoms with Gasteiger partial charge in [-0.2, -0.15) is 0 Å². The zero-order valence-corrected chi connectivity index (χ0v) is 12.8. The molecule has 8 heteroatoms. The van der Waals surface area contributed by atoms with Crippen LogP contribution in [0.25, 0.3) is 0 Å². The quantitative estimate of drug-likeness (QED) is 0.566. The van der Waals surface area contributed by atoms with Crippen LogP contribution in [-0.2, 0) is 14.8 Å². The number of ether oxygens (including phenoxy) is 1. The molecule has 0 aliphatic rings. The molecule has 0 fully saturated rings. The number of hydrogen-bond donors (Lipinski definition) is 2. The number of nitrogens with one attached hydrogen (secondary N) is 1. The zero-order chi connectivity index (χ0) is 16.0. The highest BCUT2D eigenvalue weighted by atomic mass is 32.2. The van der Waals surface area contributed by atoms with Crippen molar-refractivity contribution in [2.75, 3.05) is 25.5 Å². The van der Waals surface area contributed by atoms with Crippen molar-refractivity contribution >= 4 is 15.7 Å². The van der Waals surface area contributed by atoms with Gasteiger partial charge < -0.3 is 10.5 Å². The lowest BCUT2D eigenvalue weighted by Gasteiger charge is -2.10. The van der Waals surface area contributed by atoms with E-state index < -0.39 is 32.2 Å². The lowest BCUT2D eigenvalue weighted by molar-refractivity contribution is 0.108. The fraction of sp³-hybridized carbons (Fsp3) is 0.538. The van der Waals surface area contributed by atoms with Crippen LogP contribution >= 0.6 is 0 Å². The molecule has 0 saturated heterocycles. The Bertz CT molecular complexity index is 577. The number of rotatable bonds is 8. The topological polar surface area (TPSA) is 81.4 Å². The Hall–Kier alpha value is -1.25. The summed E-state index contributed by atoms with van der Waals surface area (Å²) in [6.07, 6.45) is 0.449. The van der Waals surface area contributed by atoms with Gasteiger partial charge in [-0.05, 0) is 24.5 Å². The Balaban J connectivity index is 2.57. The molecular formula is C13H20F2N2O3S. The van der Waals surface area contributed by atoms with Gasteiger partial charge in [0, 0.05) is 19.8 Å². The van der Waals surface area contributed by atoms with E-state index in [1.807, 2.05) is 13.8 Å². The summed E-state index contributed by atoms with van der Waals surface area (Å²) in [6, 6.07) is 1.66. The van der Waals surface area contributed by atoms with Crippen molar-refractivity contribution in [3.8, 4) is 0 Å². The summed E-state index contributed by atoms with van der Waals surface area (Å²) in [5.41, 5.74) is 4.33. The molecule has 0 bridgehead atoms. The third-order valence-electron chi connectivity index (χ3n) is 2.59. The normalized spacial score (nSPS) is 12.0. The maximum atomic E-state index is 13.7. The third kappa shape index (κ3) is 5.22. The maximum absolute atomic E-state index is 13.7. The van der Waals surface area contributed by atoms with E-state index in [0.717, 1.165) is 12.1 Å². The van der Waals surface area contributed by atoms with E-state index in [1.54, 1.807) is 0 Å². The molecule has 0 saturated carbocycles. The molecule has 0 atom stereocenters. The molecule has 0 unspecified atom stereocenters. The molecule has 1 aromatic carbocycles. The van der Waals surface area contributed by atoms with Crippen LogP contribution in [0.15, 0.2) is 17.0 Å². The van der Waals surface area contributed by atoms with Crippen LogP contribution in [0.4, 0.5) is 14.5 Å². The molecule has 0 radical (unpaired) electrons. The highest BCUT2D eigenvalue weighted by Gasteiger charge is 2.21. The summed E-state index contributed by atoms with van der Waals surface area (Å²) in [5.74, 6) is -1.87. The number of halogens is 2. The largest absolute Gasteiger partial charge is 0.394 e. The average Bonchev–Trinajstić information content (AvgIpc) is 2.39. The van der Waals surface area contributed by atoms with Crippen LogP contribution < -0.4 is 10.5 Å². The van der Waals surface area contributed by atoms with Crippen molar-refractivity contribution < 1.29 is 21.9 Å². The molecule has 0 aliphatic carbocycles. The van der Waals surface area contributed by atoms with Gasteiger partial charge in [0.15, 0.2) is 5.82 Å². The first-order valence-electron chi connectivity index (χ1n) is 6.56. The van der Waals surface area contributed by atoms with Crippen molar-refractivity contribution in [2.45, 2.75) is 25.2 Å². The van der Waals surface area contributed by atoms with Crippen LogP contribution in [-0.4, -0.2) is 28.2 Å². The number of sulfonamides is 1. The van der Waals surface area contributed by atoms with E-state index in [2.05, 4.69) is 4.72 Å². The van der Waals surface area contributed by atoms with E-state index >= 15 is 0 Å². The van der Waals surface area contributed by atoms with Crippen molar-refractivity contribution in [2.24, 2.45) is 5.92 Å². The summed E-state index contributed by atoms with van der Waals surface area (Å²) in [5, 5.41) is 0. The minimum atomic E-state index is -4.06. The van der Waals surface area contributed by atoms with Gasteiger partial charge in [-0.25, -0.2) is 21.9 Å². The van der Waals surface area contributed by atoms with Gasteiger partial charge in [0.25, 0.3) is 0 Å². The van der Waals surface area contributed by atoms with Gasteiger partial charge in [0.05, 0.1) is 0 Å². The highest BCUT2D eigenvalue weighted by Crippen LogP contribution is 2.22. The second kappa shape index (κ2) is 7.67. The number of nitrogen functional groups attached to an aromatic ring is 1. The summed E-state index contributed by atoms with van der Waals surface area (Å²) in [4.78, 5) is -0.663. The first-order valence-corrected chi connectivity index (χ1v) is 8.05. The molecule has 1 aromatic rings. The molecule has 3 N–H and O–H groups in total. The van der Waals surface area contributed by atoms with Crippen LogP contribution in [0.3, 0.4) is 0 Å². The minimum absolute atomic E-state index is 0.0944. The summed E-state index contributed by atoms with van der Waals surface area (Å²) < 4.78 is 58.0. The van der Waals surface area contributed by atoms with E-state index in [1.165, 1.54) is 0 Å². The van der Waals surface area contributed by atoms with Crippen LogP contribution in [0, 0.1) is 17.6 Å². The van der Waals surface area contributed by atoms with Gasteiger partial charge in [-0.1, -0.05) is 13.8 Å². The molecule has 0 spiro atoms. The molecular weight excluding hydrogens is 302 g/mol. The minimum Gasteiger partial charge on any atom is -0.394 e. The zero-order valence-electron chi connectivity index (χ0n) is 12.0. The van der Waals surface area contributed by atoms with E-state index in [9.17, 15) is 17.2 Å². The Kier molecular flexibility index (Phi) is 6.50. The van der Waals surface area contributed by atoms with Gasteiger partial charge in [0.2, 0.25) is 10.0 Å². The lowest BCUT2D eigenvalue weighted by Crippen LogP contribution is -2.27. The highest BCUT2D eigenvalue weighted by molar-refractivity contribution is 7.89. The first-order chi connectivity index (χ1) is 9.75. The Morgan fingerprint density at radius 1 is 1.33 bits per heavy atom. The predicted molar refractivity (Wildman–Crippen MR) is 76.2 cm³/mol. The summed E-state index contributed by atoms with van der Waals surface area (Å²) >= 11 is 0. The molecule has 21 heavy (non-hydrogen) atoms. The maximum Gasteiger partial charge on any atom is 0.243 e. The van der Waals surface area contributed by atoms with Crippen molar-refractivity contribution in [1.82, 2.24) is 4.72 Å². The number of hydrogen-bond acceptors (Lipinski definition) is 4. The first kappa shape index (κ1) is 17.8. The van der Waals surface area contributed by atoms with E-state index in [-0.39, 0.29) is 6.54 Å². The van der Waals surface area contributed by atoms with Crippen LogP contribution in [0.5, 0.6) is 0 Å². The van der Waals surface area contributed by atoms with Crippen LogP contribution in [0.2, 0.25) is 0 Å². The Morgan fingerprint density at radius 2 is 2.00 bits per heavy atom. The fourth-order valence-corrected chi connectivity index (χ4v) is 2.70. The third-order valence-corrected chi connectivity index (χ3v) is 4.07. The number of anilines is 1. The van der Waals surface area contributed by atoms with Gasteiger partial charge in [-0.15, -0.1) is 0 Å². The monoisotopic (exact) mass is 322 g/mol. The van der Waals surface area contributed by atoms with Crippen LogP contribution in [0.1, 0.15) is 20.3 Å². The lowest BCUT2D eigenvalue weighted by atomic mass is 10.2. The number of nitrogens with two attached hydrogens (primary N) is 1. The molecule has 0 aromatic heterocycles. The smallest absolute Gasteiger partial charge is 0.243 e. The van der Waals surface area contributed by atoms with E-state index in [4.69, 9.17) is 10.5 Å². The fourth-order valence-electron chi connectivity index (χ4n) is 1.53. The Labute approximate surface area is 123 Å². The average molecular weight is 322 g/mol. The van der Waals surface area contributed by atoms with Crippen molar-refractivity contribution in [1.29, 1.82) is 0 Å². The van der Waals surface area contributed by atoms with E-state index in [0.29, 0.717) is 25.6 Å². The second-order valence-electron chi connectivity index (χ2n) is 4.99. The van der Waals surface area contributed by atoms with Crippen molar-refractivity contribution in [3.05, 3.63) is 23.8 Å². The second-order valence-corrected chi connectivity index (χ2v) is 6.73.